The smallest absolute Gasteiger partial charge is 0.241 e. The lowest BCUT2D eigenvalue weighted by Crippen LogP contribution is -2.46. The molecule has 2 unspecified atom stereocenters. The van der Waals surface area contributed by atoms with Crippen LogP contribution in [0.3, 0.4) is 0 Å². The van der Waals surface area contributed by atoms with Crippen LogP contribution in [0.25, 0.3) is 0 Å². The Morgan fingerprint density at radius 1 is 1.58 bits per heavy atom. The van der Waals surface area contributed by atoms with E-state index in [1.165, 1.54) is 0 Å². The summed E-state index contributed by atoms with van der Waals surface area (Å²) in [7, 11) is 1.57. The average Bonchev–Trinajstić information content (AvgIpc) is 2.48. The van der Waals surface area contributed by atoms with Crippen molar-refractivity contribution < 1.29 is 9.53 Å². The zero-order chi connectivity index (χ0) is 13.7. The number of methoxy groups -OCH3 is 1. The fourth-order valence-corrected chi connectivity index (χ4v) is 2.37. The highest BCUT2D eigenvalue weighted by atomic mass is 16.5. The number of anilines is 1. The van der Waals surface area contributed by atoms with Crippen molar-refractivity contribution in [3.05, 3.63) is 18.3 Å². The topological polar surface area (TPSA) is 63.2 Å². The van der Waals surface area contributed by atoms with Gasteiger partial charge in [-0.25, -0.2) is 4.98 Å². The number of piperidine rings is 1. The van der Waals surface area contributed by atoms with Crippen molar-refractivity contribution in [2.45, 2.75) is 32.2 Å². The van der Waals surface area contributed by atoms with Gasteiger partial charge in [-0.1, -0.05) is 13.3 Å². The summed E-state index contributed by atoms with van der Waals surface area (Å²) in [6.07, 6.45) is 4.81. The van der Waals surface area contributed by atoms with Crippen molar-refractivity contribution in [3.63, 3.8) is 0 Å². The average molecular weight is 263 g/mol. The first-order valence-corrected chi connectivity index (χ1v) is 6.77. The first kappa shape index (κ1) is 13.8. The Kier molecular flexibility index (Phi) is 4.74. The second-order valence-corrected chi connectivity index (χ2v) is 4.88. The standard InChI is InChI=1S/C14H21N3O2/c1-3-10-6-7-15-12(8-10)14(18)17-11-4-5-13(19-2)16-9-11/h4-5,9-10,12,15H,3,6-8H2,1-2H3,(H,17,18). The van der Waals surface area contributed by atoms with Gasteiger partial charge in [-0.15, -0.1) is 0 Å². The molecule has 2 heterocycles. The molecule has 5 nitrogen and oxygen atoms in total. The van der Waals surface area contributed by atoms with Gasteiger partial charge in [0.05, 0.1) is 25.0 Å². The maximum Gasteiger partial charge on any atom is 0.241 e. The fraction of sp³-hybridized carbons (Fsp3) is 0.571. The van der Waals surface area contributed by atoms with E-state index in [0.29, 0.717) is 17.5 Å². The largest absolute Gasteiger partial charge is 0.481 e. The number of rotatable bonds is 4. The van der Waals surface area contributed by atoms with Crippen LogP contribution in [0.5, 0.6) is 5.88 Å². The van der Waals surface area contributed by atoms with Crippen molar-refractivity contribution in [2.24, 2.45) is 5.92 Å². The Morgan fingerprint density at radius 3 is 3.05 bits per heavy atom. The molecule has 1 saturated heterocycles. The van der Waals surface area contributed by atoms with E-state index in [2.05, 4.69) is 22.5 Å². The molecule has 2 N–H and O–H groups in total. The minimum Gasteiger partial charge on any atom is -0.481 e. The molecule has 1 aromatic heterocycles. The summed E-state index contributed by atoms with van der Waals surface area (Å²) in [5, 5.41) is 6.16. The molecule has 1 amide bonds. The van der Waals surface area contributed by atoms with Gasteiger partial charge in [0.25, 0.3) is 0 Å². The number of pyridine rings is 1. The van der Waals surface area contributed by atoms with Crippen LogP contribution in [-0.2, 0) is 4.79 Å². The van der Waals surface area contributed by atoms with Gasteiger partial charge in [-0.2, -0.15) is 0 Å². The minimum atomic E-state index is -0.0965. The molecule has 19 heavy (non-hydrogen) atoms. The zero-order valence-corrected chi connectivity index (χ0v) is 11.5. The summed E-state index contributed by atoms with van der Waals surface area (Å²) in [5.74, 6) is 1.20. The Labute approximate surface area is 113 Å². The van der Waals surface area contributed by atoms with Crippen LogP contribution in [0, 0.1) is 5.92 Å². The summed E-state index contributed by atoms with van der Waals surface area (Å²) < 4.78 is 4.98. The number of hydrogen-bond donors (Lipinski definition) is 2. The van der Waals surface area contributed by atoms with Gasteiger partial charge < -0.3 is 15.4 Å². The van der Waals surface area contributed by atoms with E-state index in [0.717, 1.165) is 25.8 Å². The molecule has 104 valence electrons. The van der Waals surface area contributed by atoms with Crippen LogP contribution in [0.15, 0.2) is 18.3 Å². The molecule has 1 aromatic rings. The Morgan fingerprint density at radius 2 is 2.42 bits per heavy atom. The number of ether oxygens (including phenoxy) is 1. The predicted octanol–water partition coefficient (Wildman–Crippen LogP) is 1.81. The maximum absolute atomic E-state index is 12.2. The highest BCUT2D eigenvalue weighted by molar-refractivity contribution is 5.94. The highest BCUT2D eigenvalue weighted by Gasteiger charge is 2.25. The SMILES string of the molecule is CCC1CCNC(C(=O)Nc2ccc(OC)nc2)C1. The molecule has 2 rings (SSSR count). The minimum absolute atomic E-state index is 0.0186. The lowest BCUT2D eigenvalue weighted by atomic mass is 9.90. The van der Waals surface area contributed by atoms with E-state index in [9.17, 15) is 4.79 Å². The number of hydrogen-bond acceptors (Lipinski definition) is 4. The van der Waals surface area contributed by atoms with Gasteiger partial charge in [0, 0.05) is 6.07 Å². The molecule has 0 aliphatic carbocycles. The summed E-state index contributed by atoms with van der Waals surface area (Å²) in [4.78, 5) is 16.2. The third-order valence-corrected chi connectivity index (χ3v) is 3.62. The molecule has 0 spiro atoms. The second kappa shape index (κ2) is 6.52. The number of nitrogens with one attached hydrogen (secondary N) is 2. The molecule has 1 fully saturated rings. The van der Waals surface area contributed by atoms with Crippen LogP contribution in [0.2, 0.25) is 0 Å². The predicted molar refractivity (Wildman–Crippen MR) is 74.2 cm³/mol. The van der Waals surface area contributed by atoms with Gasteiger partial charge in [0.2, 0.25) is 11.8 Å². The first-order valence-electron chi connectivity index (χ1n) is 6.77. The third-order valence-electron chi connectivity index (χ3n) is 3.62. The summed E-state index contributed by atoms with van der Waals surface area (Å²) in [6.45, 7) is 3.09. The number of carbonyl (C=O) groups excluding carboxylic acids is 1. The van der Waals surface area contributed by atoms with E-state index in [-0.39, 0.29) is 11.9 Å². The summed E-state index contributed by atoms with van der Waals surface area (Å²) in [6, 6.07) is 3.43. The molecule has 5 heteroatoms. The Bertz CT molecular complexity index is 419. The van der Waals surface area contributed by atoms with Gasteiger partial charge in [-0.05, 0) is 31.4 Å². The van der Waals surface area contributed by atoms with Crippen LogP contribution >= 0.6 is 0 Å². The van der Waals surface area contributed by atoms with E-state index < -0.39 is 0 Å². The van der Waals surface area contributed by atoms with Gasteiger partial charge in [0.15, 0.2) is 0 Å². The molecule has 0 saturated carbocycles. The van der Waals surface area contributed by atoms with Crippen molar-refractivity contribution in [1.82, 2.24) is 10.3 Å². The van der Waals surface area contributed by atoms with E-state index in [1.54, 1.807) is 25.4 Å². The second-order valence-electron chi connectivity index (χ2n) is 4.88. The number of carbonyl (C=O) groups is 1. The molecule has 0 radical (unpaired) electrons. The molecule has 0 bridgehead atoms. The summed E-state index contributed by atoms with van der Waals surface area (Å²) >= 11 is 0. The monoisotopic (exact) mass is 263 g/mol. The molecule has 0 aromatic carbocycles. The van der Waals surface area contributed by atoms with Crippen molar-refractivity contribution >= 4 is 11.6 Å². The Hall–Kier alpha value is -1.62. The van der Waals surface area contributed by atoms with Crippen LogP contribution in [0.1, 0.15) is 26.2 Å². The Balaban J connectivity index is 1.92. The quantitative estimate of drug-likeness (QED) is 0.869. The van der Waals surface area contributed by atoms with Gasteiger partial charge in [0.1, 0.15) is 0 Å². The molecule has 1 aliphatic rings. The van der Waals surface area contributed by atoms with Crippen LogP contribution in [0.4, 0.5) is 5.69 Å². The number of aromatic nitrogens is 1. The van der Waals surface area contributed by atoms with Crippen LogP contribution in [-0.4, -0.2) is 30.6 Å². The molecule has 1 aliphatic heterocycles. The van der Waals surface area contributed by atoms with Gasteiger partial charge >= 0.3 is 0 Å². The summed E-state index contributed by atoms with van der Waals surface area (Å²) in [5.41, 5.74) is 0.700. The van der Waals surface area contributed by atoms with Crippen LogP contribution < -0.4 is 15.4 Å². The number of nitrogens with zero attached hydrogens (tertiary/aromatic N) is 1. The lowest BCUT2D eigenvalue weighted by molar-refractivity contribution is -0.119. The highest BCUT2D eigenvalue weighted by Crippen LogP contribution is 2.20. The zero-order valence-electron chi connectivity index (χ0n) is 11.5. The molecular formula is C14H21N3O2. The van der Waals surface area contributed by atoms with E-state index in [1.807, 2.05) is 0 Å². The molecular weight excluding hydrogens is 242 g/mol. The van der Waals surface area contributed by atoms with Crippen molar-refractivity contribution in [1.29, 1.82) is 0 Å². The number of amides is 1. The van der Waals surface area contributed by atoms with E-state index >= 15 is 0 Å². The van der Waals surface area contributed by atoms with Crippen molar-refractivity contribution in [2.75, 3.05) is 19.0 Å². The maximum atomic E-state index is 12.2. The third kappa shape index (κ3) is 3.67. The molecule has 2 atom stereocenters. The first-order chi connectivity index (χ1) is 9.22. The van der Waals surface area contributed by atoms with Gasteiger partial charge in [-0.3, -0.25) is 4.79 Å². The fourth-order valence-electron chi connectivity index (χ4n) is 2.37. The van der Waals surface area contributed by atoms with E-state index in [4.69, 9.17) is 4.74 Å². The van der Waals surface area contributed by atoms with Crippen molar-refractivity contribution in [3.8, 4) is 5.88 Å². The normalized spacial score (nSPS) is 22.8. The lowest BCUT2D eigenvalue weighted by Gasteiger charge is -2.28.